The Hall–Kier alpha value is -1.24. The van der Waals surface area contributed by atoms with E-state index >= 15 is 0 Å². The van der Waals surface area contributed by atoms with Gasteiger partial charge < -0.3 is 9.64 Å². The van der Waals surface area contributed by atoms with E-state index in [0.717, 1.165) is 6.07 Å². The zero-order valence-electron chi connectivity index (χ0n) is 11.1. The Kier molecular flexibility index (Phi) is 5.86. The van der Waals surface area contributed by atoms with E-state index < -0.39 is 17.7 Å². The van der Waals surface area contributed by atoms with Gasteiger partial charge in [-0.05, 0) is 24.6 Å². The lowest BCUT2D eigenvalue weighted by molar-refractivity contribution is -0.140. The van der Waals surface area contributed by atoms with E-state index in [1.165, 1.54) is 24.1 Å². The summed E-state index contributed by atoms with van der Waals surface area (Å²) in [6.45, 7) is 1.95. The summed E-state index contributed by atoms with van der Waals surface area (Å²) in [6, 6.07) is 3.88. The molecule has 0 aliphatic carbocycles. The lowest BCUT2D eigenvalue weighted by atomic mass is 10.1. The van der Waals surface area contributed by atoms with E-state index in [1.54, 1.807) is 0 Å². The lowest BCUT2D eigenvalue weighted by Gasteiger charge is -2.26. The molecule has 1 rings (SSSR count). The van der Waals surface area contributed by atoms with Crippen LogP contribution in [0.3, 0.4) is 0 Å². The van der Waals surface area contributed by atoms with Gasteiger partial charge in [0.05, 0.1) is 12.7 Å². The van der Waals surface area contributed by atoms with Crippen molar-refractivity contribution in [2.24, 2.45) is 0 Å². The van der Waals surface area contributed by atoms with Crippen molar-refractivity contribution in [1.29, 1.82) is 0 Å². The number of halogens is 4. The Morgan fingerprint density at radius 2 is 2.05 bits per heavy atom. The number of methoxy groups -OCH3 is 1. The predicted molar refractivity (Wildman–Crippen MR) is 73.7 cm³/mol. The van der Waals surface area contributed by atoms with E-state index in [1.807, 2.05) is 6.92 Å². The number of anilines is 1. The molecule has 1 aromatic rings. The molecule has 0 saturated carbocycles. The maximum Gasteiger partial charge on any atom is 0.418 e. The first-order valence-corrected chi connectivity index (χ1v) is 6.77. The van der Waals surface area contributed by atoms with Crippen LogP contribution in [0.2, 0.25) is 0 Å². The highest BCUT2D eigenvalue weighted by atomic mass is 79.9. The van der Waals surface area contributed by atoms with Crippen LogP contribution in [0, 0.1) is 0 Å². The number of carbonyl (C=O) groups excluding carboxylic acids is 1. The Morgan fingerprint density at radius 1 is 1.40 bits per heavy atom. The molecule has 112 valence electrons. The van der Waals surface area contributed by atoms with E-state index in [0.29, 0.717) is 17.4 Å². The monoisotopic (exact) mass is 353 g/mol. The van der Waals surface area contributed by atoms with Gasteiger partial charge in [-0.15, -0.1) is 0 Å². The highest BCUT2D eigenvalue weighted by molar-refractivity contribution is 9.10. The molecule has 20 heavy (non-hydrogen) atoms. The SMILES string of the molecule is CCCN(CC(=O)OC)c1ccc(Br)cc1C(F)(F)F. The fourth-order valence-electron chi connectivity index (χ4n) is 1.79. The van der Waals surface area contributed by atoms with Crippen molar-refractivity contribution in [3.05, 3.63) is 28.2 Å². The van der Waals surface area contributed by atoms with Crippen LogP contribution in [0.1, 0.15) is 18.9 Å². The normalized spacial score (nSPS) is 11.3. The smallest absolute Gasteiger partial charge is 0.418 e. The first-order chi connectivity index (χ1) is 9.29. The lowest BCUT2D eigenvalue weighted by Crippen LogP contribution is -2.32. The van der Waals surface area contributed by atoms with Crippen molar-refractivity contribution in [1.82, 2.24) is 0 Å². The molecule has 0 aromatic heterocycles. The molecule has 0 aliphatic heterocycles. The van der Waals surface area contributed by atoms with Crippen LogP contribution in [-0.4, -0.2) is 26.2 Å². The minimum atomic E-state index is -4.48. The number of nitrogens with zero attached hydrogens (tertiary/aromatic N) is 1. The standard InChI is InChI=1S/C13H15BrF3NO2/c1-3-6-18(8-12(19)20-2)11-5-4-9(14)7-10(11)13(15,16)17/h4-5,7H,3,6,8H2,1-2H3. The topological polar surface area (TPSA) is 29.5 Å². The molecule has 0 spiro atoms. The Labute approximate surface area is 123 Å². The van der Waals surface area contributed by atoms with Crippen LogP contribution in [0.4, 0.5) is 18.9 Å². The minimum absolute atomic E-state index is 0.0204. The highest BCUT2D eigenvalue weighted by Crippen LogP contribution is 2.38. The van der Waals surface area contributed by atoms with Crippen molar-refractivity contribution in [3.63, 3.8) is 0 Å². The third-order valence-corrected chi connectivity index (χ3v) is 3.14. The number of benzene rings is 1. The first-order valence-electron chi connectivity index (χ1n) is 5.98. The Morgan fingerprint density at radius 3 is 2.55 bits per heavy atom. The molecule has 0 atom stereocenters. The molecule has 0 bridgehead atoms. The Balaban J connectivity index is 3.22. The largest absolute Gasteiger partial charge is 0.468 e. The number of esters is 1. The maximum absolute atomic E-state index is 13.1. The van der Waals surface area contributed by atoms with Crippen molar-refractivity contribution in [2.75, 3.05) is 25.1 Å². The summed E-state index contributed by atoms with van der Waals surface area (Å²) in [5.41, 5.74) is -0.794. The van der Waals surface area contributed by atoms with E-state index in [-0.39, 0.29) is 12.2 Å². The molecule has 0 unspecified atom stereocenters. The van der Waals surface area contributed by atoms with E-state index in [4.69, 9.17) is 0 Å². The van der Waals surface area contributed by atoms with Crippen LogP contribution in [0.25, 0.3) is 0 Å². The number of alkyl halides is 3. The third-order valence-electron chi connectivity index (χ3n) is 2.65. The molecule has 0 saturated heterocycles. The minimum Gasteiger partial charge on any atom is -0.468 e. The maximum atomic E-state index is 13.1. The molecule has 0 aliphatic rings. The summed E-state index contributed by atoms with van der Waals surface area (Å²) < 4.78 is 44.1. The molecule has 0 amide bonds. The Bertz CT molecular complexity index is 477. The van der Waals surface area contributed by atoms with Gasteiger partial charge in [0.25, 0.3) is 0 Å². The van der Waals surface area contributed by atoms with Crippen molar-refractivity contribution < 1.29 is 22.7 Å². The molecule has 0 radical (unpaired) electrons. The second-order valence-electron chi connectivity index (χ2n) is 4.16. The predicted octanol–water partition coefficient (Wildman–Crippen LogP) is 3.86. The number of hydrogen-bond donors (Lipinski definition) is 0. The highest BCUT2D eigenvalue weighted by Gasteiger charge is 2.35. The van der Waals surface area contributed by atoms with Gasteiger partial charge >= 0.3 is 12.1 Å². The summed E-state index contributed by atoms with van der Waals surface area (Å²) in [6.07, 6.45) is -3.87. The fraction of sp³-hybridized carbons (Fsp3) is 0.462. The number of carbonyl (C=O) groups is 1. The van der Waals surface area contributed by atoms with Crippen molar-refractivity contribution in [3.8, 4) is 0 Å². The van der Waals surface area contributed by atoms with Crippen LogP contribution >= 0.6 is 15.9 Å². The molecular formula is C13H15BrF3NO2. The molecular weight excluding hydrogens is 339 g/mol. The molecule has 0 fully saturated rings. The second-order valence-corrected chi connectivity index (χ2v) is 5.07. The van der Waals surface area contributed by atoms with Gasteiger partial charge in [0.2, 0.25) is 0 Å². The van der Waals surface area contributed by atoms with Crippen molar-refractivity contribution in [2.45, 2.75) is 19.5 Å². The summed E-state index contributed by atoms with van der Waals surface area (Å²) >= 11 is 3.03. The van der Waals surface area contributed by atoms with Crippen LogP contribution < -0.4 is 4.90 Å². The summed E-state index contributed by atoms with van der Waals surface area (Å²) in [4.78, 5) is 12.7. The average Bonchev–Trinajstić information content (AvgIpc) is 2.37. The van der Waals surface area contributed by atoms with Gasteiger partial charge in [-0.3, -0.25) is 4.79 Å². The van der Waals surface area contributed by atoms with E-state index in [2.05, 4.69) is 20.7 Å². The van der Waals surface area contributed by atoms with Gasteiger partial charge in [0, 0.05) is 16.7 Å². The first kappa shape index (κ1) is 16.8. The second kappa shape index (κ2) is 6.97. The zero-order valence-corrected chi connectivity index (χ0v) is 12.7. The fourth-order valence-corrected chi connectivity index (χ4v) is 2.15. The van der Waals surface area contributed by atoms with Gasteiger partial charge in [0.1, 0.15) is 6.54 Å². The van der Waals surface area contributed by atoms with Gasteiger partial charge in [-0.25, -0.2) is 0 Å². The average molecular weight is 354 g/mol. The number of rotatable bonds is 5. The zero-order chi connectivity index (χ0) is 15.3. The van der Waals surface area contributed by atoms with Crippen molar-refractivity contribution >= 4 is 27.6 Å². The summed E-state index contributed by atoms with van der Waals surface area (Å²) in [5.74, 6) is -0.575. The van der Waals surface area contributed by atoms with Gasteiger partial charge in [-0.1, -0.05) is 22.9 Å². The third kappa shape index (κ3) is 4.40. The van der Waals surface area contributed by atoms with Crippen LogP contribution in [-0.2, 0) is 15.7 Å². The van der Waals surface area contributed by atoms with Crippen LogP contribution in [0.15, 0.2) is 22.7 Å². The molecule has 1 aromatic carbocycles. The number of hydrogen-bond acceptors (Lipinski definition) is 3. The van der Waals surface area contributed by atoms with Crippen LogP contribution in [0.5, 0.6) is 0 Å². The summed E-state index contributed by atoms with van der Waals surface area (Å²) in [7, 11) is 1.21. The molecule has 7 heteroatoms. The molecule has 3 nitrogen and oxygen atoms in total. The number of ether oxygens (including phenoxy) is 1. The molecule has 0 heterocycles. The quantitative estimate of drug-likeness (QED) is 0.753. The van der Waals surface area contributed by atoms with Gasteiger partial charge in [0.15, 0.2) is 0 Å². The van der Waals surface area contributed by atoms with E-state index in [9.17, 15) is 18.0 Å². The van der Waals surface area contributed by atoms with Gasteiger partial charge in [-0.2, -0.15) is 13.2 Å². The summed E-state index contributed by atoms with van der Waals surface area (Å²) in [5, 5.41) is 0. The molecule has 0 N–H and O–H groups in total.